The van der Waals surface area contributed by atoms with E-state index in [0.717, 1.165) is 42.2 Å². The number of unbranched alkanes of at least 4 members (excludes halogenated alkanes) is 1. The van der Waals surface area contributed by atoms with Crippen LogP contribution in [0, 0.1) is 6.92 Å². The zero-order chi connectivity index (χ0) is 15.8. The summed E-state index contributed by atoms with van der Waals surface area (Å²) in [5.74, 6) is 2.37. The molecule has 0 saturated heterocycles. The number of aromatic nitrogens is 2. The molecule has 0 spiro atoms. The van der Waals surface area contributed by atoms with Crippen molar-refractivity contribution in [2.75, 3.05) is 24.3 Å². The van der Waals surface area contributed by atoms with Crippen LogP contribution in [-0.2, 0) is 6.54 Å². The molecule has 2 N–H and O–H groups in total. The lowest BCUT2D eigenvalue weighted by atomic mass is 10.2. The van der Waals surface area contributed by atoms with Crippen LogP contribution in [-0.4, -0.2) is 23.6 Å². The number of para-hydroxylation sites is 1. The van der Waals surface area contributed by atoms with Crippen molar-refractivity contribution in [3.63, 3.8) is 0 Å². The van der Waals surface area contributed by atoms with Gasteiger partial charge in [-0.3, -0.25) is 0 Å². The van der Waals surface area contributed by atoms with Gasteiger partial charge < -0.3 is 15.4 Å². The second kappa shape index (κ2) is 8.22. The number of hydrogen-bond donors (Lipinski definition) is 2. The van der Waals surface area contributed by atoms with Gasteiger partial charge in [0.1, 0.15) is 11.6 Å². The summed E-state index contributed by atoms with van der Waals surface area (Å²) in [6, 6.07) is 9.91. The zero-order valence-electron chi connectivity index (χ0n) is 13.5. The van der Waals surface area contributed by atoms with E-state index < -0.39 is 0 Å². The average Bonchev–Trinajstić information content (AvgIpc) is 2.53. The minimum Gasteiger partial charge on any atom is -0.496 e. The van der Waals surface area contributed by atoms with E-state index in [0.29, 0.717) is 12.5 Å². The minimum atomic E-state index is 0.662. The average molecular weight is 300 g/mol. The third-order valence-electron chi connectivity index (χ3n) is 3.32. The molecule has 0 aliphatic heterocycles. The summed E-state index contributed by atoms with van der Waals surface area (Å²) < 4.78 is 5.36. The van der Waals surface area contributed by atoms with Crippen molar-refractivity contribution in [2.24, 2.45) is 0 Å². The number of hydrogen-bond acceptors (Lipinski definition) is 5. The summed E-state index contributed by atoms with van der Waals surface area (Å²) >= 11 is 0. The highest BCUT2D eigenvalue weighted by Crippen LogP contribution is 2.19. The van der Waals surface area contributed by atoms with Crippen LogP contribution < -0.4 is 15.4 Å². The number of nitrogens with one attached hydrogen (secondary N) is 2. The van der Waals surface area contributed by atoms with Gasteiger partial charge in [0.05, 0.1) is 7.11 Å². The van der Waals surface area contributed by atoms with Gasteiger partial charge >= 0.3 is 0 Å². The van der Waals surface area contributed by atoms with Crippen LogP contribution in [0.2, 0.25) is 0 Å². The Balaban J connectivity index is 2.03. The van der Waals surface area contributed by atoms with Crippen molar-refractivity contribution in [1.29, 1.82) is 0 Å². The Hall–Kier alpha value is -2.30. The summed E-state index contributed by atoms with van der Waals surface area (Å²) in [6.45, 7) is 5.70. The molecule has 118 valence electrons. The van der Waals surface area contributed by atoms with Gasteiger partial charge in [0, 0.05) is 30.4 Å². The largest absolute Gasteiger partial charge is 0.496 e. The number of rotatable bonds is 8. The van der Waals surface area contributed by atoms with E-state index in [1.807, 2.05) is 37.3 Å². The lowest BCUT2D eigenvalue weighted by molar-refractivity contribution is 0.410. The molecule has 5 nitrogen and oxygen atoms in total. The predicted molar refractivity (Wildman–Crippen MR) is 90.5 cm³/mol. The first-order valence-electron chi connectivity index (χ1n) is 7.68. The van der Waals surface area contributed by atoms with Gasteiger partial charge in [-0.15, -0.1) is 0 Å². The standard InChI is InChI=1S/C17H24N4O/c1-4-5-10-18-17-20-13(2)11-16(21-17)19-12-14-8-6-7-9-15(14)22-3/h6-9,11H,4-5,10,12H2,1-3H3,(H2,18,19,20,21). The van der Waals surface area contributed by atoms with Crippen LogP contribution in [0.1, 0.15) is 31.0 Å². The SMILES string of the molecule is CCCCNc1nc(C)cc(NCc2ccccc2OC)n1. The molecule has 22 heavy (non-hydrogen) atoms. The molecule has 0 aliphatic carbocycles. The van der Waals surface area contributed by atoms with Crippen molar-refractivity contribution in [3.05, 3.63) is 41.6 Å². The molecule has 0 fully saturated rings. The van der Waals surface area contributed by atoms with Crippen molar-refractivity contribution in [2.45, 2.75) is 33.2 Å². The molecular weight excluding hydrogens is 276 g/mol. The summed E-state index contributed by atoms with van der Waals surface area (Å²) in [6.07, 6.45) is 2.26. The maximum Gasteiger partial charge on any atom is 0.224 e. The Morgan fingerprint density at radius 2 is 1.95 bits per heavy atom. The molecule has 0 bridgehead atoms. The van der Waals surface area contributed by atoms with Crippen LogP contribution in [0.4, 0.5) is 11.8 Å². The zero-order valence-corrected chi connectivity index (χ0v) is 13.5. The van der Waals surface area contributed by atoms with Gasteiger partial charge in [0.2, 0.25) is 5.95 Å². The normalized spacial score (nSPS) is 10.3. The predicted octanol–water partition coefficient (Wildman–Crippen LogP) is 3.62. The summed E-state index contributed by atoms with van der Waals surface area (Å²) in [5.41, 5.74) is 2.04. The first kappa shape index (κ1) is 16.1. The van der Waals surface area contributed by atoms with Gasteiger partial charge in [-0.2, -0.15) is 4.98 Å². The maximum atomic E-state index is 5.36. The van der Waals surface area contributed by atoms with Crippen LogP contribution in [0.3, 0.4) is 0 Å². The van der Waals surface area contributed by atoms with E-state index in [1.54, 1.807) is 7.11 Å². The minimum absolute atomic E-state index is 0.662. The van der Waals surface area contributed by atoms with E-state index in [9.17, 15) is 0 Å². The highest BCUT2D eigenvalue weighted by molar-refractivity contribution is 5.44. The lowest BCUT2D eigenvalue weighted by Crippen LogP contribution is -2.09. The molecular formula is C17H24N4O. The van der Waals surface area contributed by atoms with E-state index in [-0.39, 0.29) is 0 Å². The molecule has 2 rings (SSSR count). The number of methoxy groups -OCH3 is 1. The lowest BCUT2D eigenvalue weighted by Gasteiger charge is -2.11. The van der Waals surface area contributed by atoms with E-state index in [1.165, 1.54) is 0 Å². The van der Waals surface area contributed by atoms with Crippen molar-refractivity contribution >= 4 is 11.8 Å². The smallest absolute Gasteiger partial charge is 0.224 e. The number of nitrogens with zero attached hydrogens (tertiary/aromatic N) is 2. The van der Waals surface area contributed by atoms with Gasteiger partial charge in [-0.1, -0.05) is 31.5 Å². The summed E-state index contributed by atoms with van der Waals surface area (Å²) in [7, 11) is 1.68. The highest BCUT2D eigenvalue weighted by atomic mass is 16.5. The second-order valence-corrected chi connectivity index (χ2v) is 5.16. The topological polar surface area (TPSA) is 59.1 Å². The molecule has 0 unspecified atom stereocenters. The Bertz CT molecular complexity index is 601. The Morgan fingerprint density at radius 1 is 1.14 bits per heavy atom. The first-order valence-corrected chi connectivity index (χ1v) is 7.68. The van der Waals surface area contributed by atoms with Crippen molar-refractivity contribution in [1.82, 2.24) is 9.97 Å². The van der Waals surface area contributed by atoms with Gasteiger partial charge in [-0.05, 0) is 19.4 Å². The van der Waals surface area contributed by atoms with Gasteiger partial charge in [0.25, 0.3) is 0 Å². The van der Waals surface area contributed by atoms with Crippen LogP contribution in [0.15, 0.2) is 30.3 Å². The van der Waals surface area contributed by atoms with Crippen LogP contribution in [0.25, 0.3) is 0 Å². The van der Waals surface area contributed by atoms with Crippen molar-refractivity contribution in [3.8, 4) is 5.75 Å². The number of aryl methyl sites for hydroxylation is 1. The molecule has 5 heteroatoms. The third kappa shape index (κ3) is 4.62. The van der Waals surface area contributed by atoms with Gasteiger partial charge in [0.15, 0.2) is 0 Å². The van der Waals surface area contributed by atoms with Crippen LogP contribution in [0.5, 0.6) is 5.75 Å². The molecule has 0 radical (unpaired) electrons. The number of benzene rings is 1. The third-order valence-corrected chi connectivity index (χ3v) is 3.32. The van der Waals surface area contributed by atoms with E-state index in [2.05, 4.69) is 27.5 Å². The number of ether oxygens (including phenoxy) is 1. The first-order chi connectivity index (χ1) is 10.7. The highest BCUT2D eigenvalue weighted by Gasteiger charge is 2.04. The summed E-state index contributed by atoms with van der Waals surface area (Å²) in [4.78, 5) is 8.91. The molecule has 1 aromatic heterocycles. The Morgan fingerprint density at radius 3 is 2.73 bits per heavy atom. The second-order valence-electron chi connectivity index (χ2n) is 5.16. The molecule has 0 amide bonds. The molecule has 0 atom stereocenters. The maximum absolute atomic E-state index is 5.36. The van der Waals surface area contributed by atoms with E-state index >= 15 is 0 Å². The Labute approximate surface area is 132 Å². The van der Waals surface area contributed by atoms with E-state index in [4.69, 9.17) is 4.74 Å². The monoisotopic (exact) mass is 300 g/mol. The van der Waals surface area contributed by atoms with Crippen molar-refractivity contribution < 1.29 is 4.74 Å². The molecule has 0 aliphatic rings. The fraction of sp³-hybridized carbons (Fsp3) is 0.412. The summed E-state index contributed by atoms with van der Waals surface area (Å²) in [5, 5.41) is 6.60. The molecule has 1 heterocycles. The van der Waals surface area contributed by atoms with Crippen LogP contribution >= 0.6 is 0 Å². The fourth-order valence-corrected chi connectivity index (χ4v) is 2.15. The molecule has 2 aromatic rings. The Kier molecular flexibility index (Phi) is 6.01. The molecule has 0 saturated carbocycles. The fourth-order valence-electron chi connectivity index (χ4n) is 2.15. The molecule has 1 aromatic carbocycles. The van der Waals surface area contributed by atoms with Gasteiger partial charge in [-0.25, -0.2) is 4.98 Å². The quantitative estimate of drug-likeness (QED) is 0.729. The number of anilines is 2.